The molecule has 3 N–H and O–H groups in total. The summed E-state index contributed by atoms with van der Waals surface area (Å²) in [6.07, 6.45) is 1.33. The summed E-state index contributed by atoms with van der Waals surface area (Å²) < 4.78 is 25.9. The topological polar surface area (TPSA) is 118 Å². The molecule has 25 heavy (non-hydrogen) atoms. The quantitative estimate of drug-likeness (QED) is 0.768. The second-order valence-corrected chi connectivity index (χ2v) is 8.89. The minimum atomic E-state index is -3.32. The van der Waals surface area contributed by atoms with Crippen LogP contribution in [0.3, 0.4) is 0 Å². The monoisotopic (exact) mass is 369 g/mol. The zero-order valence-corrected chi connectivity index (χ0v) is 16.2. The van der Waals surface area contributed by atoms with Crippen molar-refractivity contribution in [3.05, 3.63) is 17.0 Å². The van der Waals surface area contributed by atoms with Crippen molar-refractivity contribution in [1.82, 2.24) is 19.6 Å². The van der Waals surface area contributed by atoms with Gasteiger partial charge in [0.2, 0.25) is 21.9 Å². The number of carbonyl (C=O) groups excluding carboxylic acids is 1. The third-order valence-electron chi connectivity index (χ3n) is 4.71. The van der Waals surface area contributed by atoms with Crippen LogP contribution in [0, 0.1) is 25.7 Å². The number of nitrogens with zero attached hydrogens (tertiary/aromatic N) is 3. The van der Waals surface area contributed by atoms with E-state index in [4.69, 9.17) is 5.73 Å². The molecule has 0 radical (unpaired) electrons. The van der Waals surface area contributed by atoms with Crippen LogP contribution in [0.4, 0.5) is 5.95 Å². The van der Waals surface area contributed by atoms with Gasteiger partial charge < -0.3 is 10.6 Å². The van der Waals surface area contributed by atoms with Gasteiger partial charge in [-0.15, -0.1) is 0 Å². The highest BCUT2D eigenvalue weighted by Gasteiger charge is 2.38. The maximum absolute atomic E-state index is 12.7. The lowest BCUT2D eigenvalue weighted by molar-refractivity contribution is -0.129. The Bertz CT molecular complexity index is 740. The fraction of sp³-hybridized carbons (Fsp3) is 0.688. The highest BCUT2D eigenvalue weighted by molar-refractivity contribution is 7.88. The highest BCUT2D eigenvalue weighted by Crippen LogP contribution is 2.26. The number of hydrogen-bond acceptors (Lipinski definition) is 6. The predicted octanol–water partition coefficient (Wildman–Crippen LogP) is 0.250. The molecular weight excluding hydrogens is 342 g/mol. The SMILES string of the molecule is Cc1nc(N)nc(C)c1CC(=O)N1C[C@@H](NS(C)(=O)=O)[C@H](C(C)C)C1. The Balaban J connectivity index is 2.15. The molecule has 2 heterocycles. The van der Waals surface area contributed by atoms with Crippen molar-refractivity contribution in [3.63, 3.8) is 0 Å². The number of hydrogen-bond donors (Lipinski definition) is 2. The van der Waals surface area contributed by atoms with Gasteiger partial charge in [0.15, 0.2) is 0 Å². The van der Waals surface area contributed by atoms with Gasteiger partial charge >= 0.3 is 0 Å². The highest BCUT2D eigenvalue weighted by atomic mass is 32.2. The van der Waals surface area contributed by atoms with E-state index in [2.05, 4.69) is 14.7 Å². The summed E-state index contributed by atoms with van der Waals surface area (Å²) in [7, 11) is -3.32. The number of aryl methyl sites for hydroxylation is 2. The number of anilines is 1. The summed E-state index contributed by atoms with van der Waals surface area (Å²) in [6.45, 7) is 8.61. The smallest absolute Gasteiger partial charge is 0.227 e. The zero-order chi connectivity index (χ0) is 18.9. The Labute approximate surface area is 149 Å². The molecule has 1 fully saturated rings. The Morgan fingerprint density at radius 3 is 2.32 bits per heavy atom. The van der Waals surface area contributed by atoms with E-state index in [9.17, 15) is 13.2 Å². The summed E-state index contributed by atoms with van der Waals surface area (Å²) in [5.74, 6) is 0.497. The molecular formula is C16H27N5O3S. The van der Waals surface area contributed by atoms with Gasteiger partial charge in [-0.2, -0.15) is 0 Å². The number of nitrogens with one attached hydrogen (secondary N) is 1. The summed E-state index contributed by atoms with van der Waals surface area (Å²) in [6, 6.07) is -0.260. The zero-order valence-electron chi connectivity index (χ0n) is 15.4. The van der Waals surface area contributed by atoms with Crippen molar-refractivity contribution in [2.24, 2.45) is 11.8 Å². The Hall–Kier alpha value is -1.74. The van der Waals surface area contributed by atoms with Crippen molar-refractivity contribution in [2.75, 3.05) is 25.1 Å². The normalized spacial score (nSPS) is 21.1. The van der Waals surface area contributed by atoms with Crippen LogP contribution in [0.5, 0.6) is 0 Å². The molecule has 1 aromatic heterocycles. The lowest BCUT2D eigenvalue weighted by atomic mass is 9.92. The summed E-state index contributed by atoms with van der Waals surface area (Å²) in [5, 5.41) is 0. The molecule has 1 amide bonds. The van der Waals surface area contributed by atoms with Crippen molar-refractivity contribution in [3.8, 4) is 0 Å². The van der Waals surface area contributed by atoms with Gasteiger partial charge in [0, 0.05) is 36.1 Å². The molecule has 1 aliphatic heterocycles. The first-order valence-corrected chi connectivity index (χ1v) is 10.2. The Kier molecular flexibility index (Phi) is 5.68. The largest absolute Gasteiger partial charge is 0.368 e. The van der Waals surface area contributed by atoms with Gasteiger partial charge in [0.05, 0.1) is 12.7 Å². The first-order valence-electron chi connectivity index (χ1n) is 8.32. The first-order chi connectivity index (χ1) is 11.5. The third kappa shape index (κ3) is 4.88. The maximum Gasteiger partial charge on any atom is 0.227 e. The van der Waals surface area contributed by atoms with Crippen LogP contribution in [0.15, 0.2) is 0 Å². The lowest BCUT2D eigenvalue weighted by Crippen LogP contribution is -2.41. The van der Waals surface area contributed by atoms with Crippen molar-refractivity contribution in [2.45, 2.75) is 40.2 Å². The van der Waals surface area contributed by atoms with Gasteiger partial charge in [0.1, 0.15) is 0 Å². The number of nitrogen functional groups attached to an aromatic ring is 1. The van der Waals surface area contributed by atoms with Crippen LogP contribution in [-0.2, 0) is 21.2 Å². The van der Waals surface area contributed by atoms with Gasteiger partial charge in [-0.1, -0.05) is 13.8 Å². The number of rotatable bonds is 5. The molecule has 0 saturated carbocycles. The van der Waals surface area contributed by atoms with Crippen molar-refractivity contribution < 1.29 is 13.2 Å². The fourth-order valence-electron chi connectivity index (χ4n) is 3.39. The molecule has 1 saturated heterocycles. The standard InChI is InChI=1S/C16H27N5O3S/c1-9(2)13-7-21(8-14(13)20-25(5,23)24)15(22)6-12-10(3)18-16(17)19-11(12)4/h9,13-14,20H,6-8H2,1-5H3,(H2,17,18,19)/t13-,14+/m0/s1. The van der Waals surface area contributed by atoms with Gasteiger partial charge in [-0.05, 0) is 25.7 Å². The number of sulfonamides is 1. The van der Waals surface area contributed by atoms with Crippen molar-refractivity contribution >= 4 is 21.9 Å². The maximum atomic E-state index is 12.7. The van der Waals surface area contributed by atoms with Gasteiger partial charge in [-0.3, -0.25) is 4.79 Å². The van der Waals surface area contributed by atoms with Crippen LogP contribution in [0.1, 0.15) is 30.8 Å². The van der Waals surface area contributed by atoms with Crippen LogP contribution in [0.2, 0.25) is 0 Å². The van der Waals surface area contributed by atoms with E-state index in [-0.39, 0.29) is 36.2 Å². The van der Waals surface area contributed by atoms with Crippen LogP contribution in [0.25, 0.3) is 0 Å². The summed E-state index contributed by atoms with van der Waals surface area (Å²) in [4.78, 5) is 22.7. The van der Waals surface area contributed by atoms with E-state index in [1.165, 1.54) is 0 Å². The number of aromatic nitrogens is 2. The molecule has 0 bridgehead atoms. The minimum Gasteiger partial charge on any atom is -0.368 e. The van der Waals surface area contributed by atoms with Crippen molar-refractivity contribution in [1.29, 1.82) is 0 Å². The fourth-order valence-corrected chi connectivity index (χ4v) is 4.19. The number of likely N-dealkylation sites (tertiary alicyclic amines) is 1. The number of nitrogens with two attached hydrogens (primary N) is 1. The van der Waals surface area contributed by atoms with Gasteiger partial charge in [0.25, 0.3) is 0 Å². The number of carbonyl (C=O) groups is 1. The molecule has 140 valence electrons. The second kappa shape index (κ2) is 7.25. The predicted molar refractivity (Wildman–Crippen MR) is 96.3 cm³/mol. The minimum absolute atomic E-state index is 0.0528. The Morgan fingerprint density at radius 1 is 1.28 bits per heavy atom. The molecule has 2 rings (SSSR count). The van der Waals surface area contributed by atoms with E-state index in [1.807, 2.05) is 27.7 Å². The van der Waals surface area contributed by atoms with Crippen LogP contribution in [-0.4, -0.2) is 54.6 Å². The molecule has 8 nitrogen and oxygen atoms in total. The van der Waals surface area contributed by atoms with E-state index in [0.717, 1.165) is 11.8 Å². The third-order valence-corrected chi connectivity index (χ3v) is 5.44. The molecule has 0 spiro atoms. The second-order valence-electron chi connectivity index (χ2n) is 7.11. The average molecular weight is 369 g/mol. The molecule has 1 aliphatic rings. The molecule has 2 atom stereocenters. The first kappa shape index (κ1) is 19.6. The van der Waals surface area contributed by atoms with E-state index < -0.39 is 10.0 Å². The molecule has 1 aromatic rings. The van der Waals surface area contributed by atoms with Crippen LogP contribution < -0.4 is 10.5 Å². The molecule has 0 aromatic carbocycles. The number of amides is 1. The van der Waals surface area contributed by atoms with E-state index in [0.29, 0.717) is 24.5 Å². The Morgan fingerprint density at radius 2 is 1.84 bits per heavy atom. The van der Waals surface area contributed by atoms with E-state index in [1.54, 1.807) is 4.90 Å². The molecule has 0 aliphatic carbocycles. The summed E-state index contributed by atoms with van der Waals surface area (Å²) in [5.41, 5.74) is 7.80. The summed E-state index contributed by atoms with van der Waals surface area (Å²) >= 11 is 0. The lowest BCUT2D eigenvalue weighted by Gasteiger charge is -2.21. The van der Waals surface area contributed by atoms with E-state index >= 15 is 0 Å². The van der Waals surface area contributed by atoms with Gasteiger partial charge in [-0.25, -0.2) is 23.1 Å². The molecule has 9 heteroatoms. The van der Waals surface area contributed by atoms with Crippen LogP contribution >= 0.6 is 0 Å². The molecule has 0 unspecified atom stereocenters. The average Bonchev–Trinajstić information content (AvgIpc) is 2.84.